The van der Waals surface area contributed by atoms with Crippen molar-refractivity contribution in [1.82, 2.24) is 0 Å². The van der Waals surface area contributed by atoms with Crippen LogP contribution in [0.15, 0.2) is 113 Å². The Hall–Kier alpha value is -3.39. The second kappa shape index (κ2) is 7.66. The molecule has 0 unspecified atom stereocenters. The highest BCUT2D eigenvalue weighted by atomic mass is 16.3. The van der Waals surface area contributed by atoms with E-state index in [4.69, 9.17) is 4.42 Å². The molecule has 2 heteroatoms. The summed E-state index contributed by atoms with van der Waals surface area (Å²) in [6.45, 7) is 0.594. The number of hydrogen-bond donors (Lipinski definition) is 0. The molecule has 126 valence electrons. The fourth-order valence-corrected chi connectivity index (χ4v) is 2.86. The standard InChI is InChI=1S/C24H19NO/c1-4-10-19(11-5-1)18-25-24-17-22(20-12-6-2-7-13-20)16-23(26-24)21-14-8-3-9-15-21/h1-17H,18H2. The highest BCUT2D eigenvalue weighted by Gasteiger charge is 2.05. The van der Waals surface area contributed by atoms with E-state index in [9.17, 15) is 0 Å². The van der Waals surface area contributed by atoms with Crippen molar-refractivity contribution in [2.75, 3.05) is 0 Å². The normalized spacial score (nSPS) is 11.5. The predicted octanol–water partition coefficient (Wildman–Crippen LogP) is 5.71. The van der Waals surface area contributed by atoms with Crippen LogP contribution in [-0.2, 0) is 6.54 Å². The minimum absolute atomic E-state index is 0.594. The molecule has 0 atom stereocenters. The summed E-state index contributed by atoms with van der Waals surface area (Å²) in [6.07, 6.45) is 0. The molecule has 0 aliphatic rings. The molecule has 0 amide bonds. The summed E-state index contributed by atoms with van der Waals surface area (Å²) in [5.41, 5.74) is 5.09. The van der Waals surface area contributed by atoms with E-state index < -0.39 is 0 Å². The van der Waals surface area contributed by atoms with Crippen LogP contribution >= 0.6 is 0 Å². The van der Waals surface area contributed by atoms with Gasteiger partial charge in [0.05, 0.1) is 6.54 Å². The van der Waals surface area contributed by atoms with E-state index >= 15 is 0 Å². The van der Waals surface area contributed by atoms with Gasteiger partial charge in [-0.1, -0.05) is 91.0 Å². The second-order valence-corrected chi connectivity index (χ2v) is 6.08. The lowest BCUT2D eigenvalue weighted by molar-refractivity contribution is 0.503. The fraction of sp³-hybridized carbons (Fsp3) is 0.0417. The van der Waals surface area contributed by atoms with Crippen LogP contribution in [0.25, 0.3) is 22.5 Å². The molecule has 0 aliphatic carbocycles. The van der Waals surface area contributed by atoms with Crippen molar-refractivity contribution in [2.24, 2.45) is 4.99 Å². The highest BCUT2D eigenvalue weighted by Crippen LogP contribution is 2.24. The van der Waals surface area contributed by atoms with Crippen molar-refractivity contribution in [1.29, 1.82) is 0 Å². The smallest absolute Gasteiger partial charge is 0.215 e. The van der Waals surface area contributed by atoms with Crippen molar-refractivity contribution in [2.45, 2.75) is 6.54 Å². The molecule has 0 fully saturated rings. The van der Waals surface area contributed by atoms with Gasteiger partial charge < -0.3 is 4.42 Å². The lowest BCUT2D eigenvalue weighted by atomic mass is 10.0. The van der Waals surface area contributed by atoms with E-state index in [2.05, 4.69) is 47.5 Å². The van der Waals surface area contributed by atoms with Crippen LogP contribution in [0.1, 0.15) is 5.56 Å². The van der Waals surface area contributed by atoms with Gasteiger partial charge >= 0.3 is 0 Å². The van der Waals surface area contributed by atoms with Crippen LogP contribution in [0, 0.1) is 0 Å². The molecule has 26 heavy (non-hydrogen) atoms. The third-order valence-corrected chi connectivity index (χ3v) is 4.21. The van der Waals surface area contributed by atoms with Crippen LogP contribution in [0.3, 0.4) is 0 Å². The van der Waals surface area contributed by atoms with Crippen molar-refractivity contribution in [3.8, 4) is 22.5 Å². The Morgan fingerprint density at radius 3 is 1.81 bits per heavy atom. The molecule has 0 radical (unpaired) electrons. The molecule has 1 heterocycles. The van der Waals surface area contributed by atoms with Crippen molar-refractivity contribution in [3.63, 3.8) is 0 Å². The van der Waals surface area contributed by atoms with Gasteiger partial charge in [-0.3, -0.25) is 0 Å². The Bertz CT molecular complexity index is 975. The summed E-state index contributed by atoms with van der Waals surface area (Å²) in [5, 5.41) is 0. The maximum atomic E-state index is 6.08. The number of nitrogens with zero attached hydrogens (tertiary/aromatic N) is 1. The maximum Gasteiger partial charge on any atom is 0.215 e. The second-order valence-electron chi connectivity index (χ2n) is 6.08. The van der Waals surface area contributed by atoms with Gasteiger partial charge in [-0.2, -0.15) is 0 Å². The lowest BCUT2D eigenvalue weighted by Gasteiger charge is -2.06. The Balaban J connectivity index is 1.80. The van der Waals surface area contributed by atoms with E-state index in [1.54, 1.807) is 0 Å². The third kappa shape index (κ3) is 3.81. The van der Waals surface area contributed by atoms with Crippen LogP contribution in [0.5, 0.6) is 0 Å². The number of rotatable bonds is 4. The van der Waals surface area contributed by atoms with E-state index in [1.165, 1.54) is 0 Å². The number of hydrogen-bond acceptors (Lipinski definition) is 2. The van der Waals surface area contributed by atoms with Crippen LogP contribution in [0.4, 0.5) is 0 Å². The van der Waals surface area contributed by atoms with Gasteiger partial charge in [0.15, 0.2) is 0 Å². The van der Waals surface area contributed by atoms with E-state index in [-0.39, 0.29) is 0 Å². The average molecular weight is 337 g/mol. The third-order valence-electron chi connectivity index (χ3n) is 4.21. The van der Waals surface area contributed by atoms with Gasteiger partial charge in [0.25, 0.3) is 0 Å². The van der Waals surface area contributed by atoms with Gasteiger partial charge in [0.2, 0.25) is 5.55 Å². The Kier molecular flexibility index (Phi) is 4.74. The molecule has 0 spiro atoms. The number of benzene rings is 3. The maximum absolute atomic E-state index is 6.08. The van der Waals surface area contributed by atoms with Crippen molar-refractivity contribution >= 4 is 0 Å². The quantitative estimate of drug-likeness (QED) is 0.468. The summed E-state index contributed by atoms with van der Waals surface area (Å²) in [5.74, 6) is 0.818. The SMILES string of the molecule is c1ccc(CN=c2cc(-c3ccccc3)cc(-c3ccccc3)o2)cc1. The van der Waals surface area contributed by atoms with E-state index in [1.807, 2.05) is 60.7 Å². The Morgan fingerprint density at radius 1 is 0.577 bits per heavy atom. The zero-order valence-corrected chi connectivity index (χ0v) is 14.4. The van der Waals surface area contributed by atoms with Crippen LogP contribution < -0.4 is 5.55 Å². The minimum atomic E-state index is 0.594. The summed E-state index contributed by atoms with van der Waals surface area (Å²) in [4.78, 5) is 4.68. The molecule has 4 aromatic rings. The topological polar surface area (TPSA) is 25.5 Å². The summed E-state index contributed by atoms with van der Waals surface area (Å²) in [7, 11) is 0. The predicted molar refractivity (Wildman–Crippen MR) is 105 cm³/mol. The highest BCUT2D eigenvalue weighted by molar-refractivity contribution is 5.68. The van der Waals surface area contributed by atoms with Crippen LogP contribution in [-0.4, -0.2) is 0 Å². The molecule has 0 saturated carbocycles. The summed E-state index contributed by atoms with van der Waals surface area (Å²) in [6, 6.07) is 34.7. The zero-order chi connectivity index (χ0) is 17.6. The molecule has 2 nitrogen and oxygen atoms in total. The molecule has 1 aromatic heterocycles. The first-order valence-electron chi connectivity index (χ1n) is 8.69. The first-order valence-corrected chi connectivity index (χ1v) is 8.69. The molecule has 0 bridgehead atoms. The molecular weight excluding hydrogens is 318 g/mol. The summed E-state index contributed by atoms with van der Waals surface area (Å²) >= 11 is 0. The van der Waals surface area contributed by atoms with E-state index in [0.717, 1.165) is 28.0 Å². The van der Waals surface area contributed by atoms with Gasteiger partial charge in [0.1, 0.15) is 5.76 Å². The monoisotopic (exact) mass is 337 g/mol. The molecule has 0 N–H and O–H groups in total. The van der Waals surface area contributed by atoms with Gasteiger partial charge in [-0.25, -0.2) is 4.99 Å². The molecule has 0 saturated heterocycles. The molecule has 3 aromatic carbocycles. The first kappa shape index (κ1) is 16.1. The van der Waals surface area contributed by atoms with Crippen molar-refractivity contribution in [3.05, 3.63) is 114 Å². The van der Waals surface area contributed by atoms with Gasteiger partial charge in [0, 0.05) is 11.6 Å². The largest absolute Gasteiger partial charge is 0.439 e. The molecule has 0 aliphatic heterocycles. The fourth-order valence-electron chi connectivity index (χ4n) is 2.86. The Labute approximate surface area is 153 Å². The Morgan fingerprint density at radius 2 is 1.15 bits per heavy atom. The van der Waals surface area contributed by atoms with Crippen LogP contribution in [0.2, 0.25) is 0 Å². The summed E-state index contributed by atoms with van der Waals surface area (Å²) < 4.78 is 6.08. The van der Waals surface area contributed by atoms with E-state index in [0.29, 0.717) is 12.1 Å². The average Bonchev–Trinajstić information content (AvgIpc) is 2.74. The molecule has 4 rings (SSSR count). The first-order chi connectivity index (χ1) is 12.9. The van der Waals surface area contributed by atoms with Crippen molar-refractivity contribution < 1.29 is 4.42 Å². The van der Waals surface area contributed by atoms with Gasteiger partial charge in [-0.05, 0) is 22.8 Å². The van der Waals surface area contributed by atoms with Gasteiger partial charge in [-0.15, -0.1) is 0 Å². The lowest BCUT2D eigenvalue weighted by Crippen LogP contribution is -2.03. The minimum Gasteiger partial charge on any atom is -0.439 e. The molecular formula is C24H19NO. The zero-order valence-electron chi connectivity index (χ0n) is 14.4.